The zero-order valence-electron chi connectivity index (χ0n) is 12.0. The minimum absolute atomic E-state index is 0.00896. The predicted octanol–water partition coefficient (Wildman–Crippen LogP) is 2.78. The Hall–Kier alpha value is -1.61. The van der Waals surface area contributed by atoms with Gasteiger partial charge in [-0.25, -0.2) is 17.9 Å². The number of carboxylic acid groups (broad SMARTS) is 1. The maximum Gasteiger partial charge on any atom is 0.391 e. The molecule has 2 atom stereocenters. The first-order chi connectivity index (χ1) is 10.6. The highest BCUT2D eigenvalue weighted by Gasteiger charge is 2.42. The molecule has 1 aliphatic rings. The number of sulfonamides is 1. The highest BCUT2D eigenvalue weighted by atomic mass is 32.2. The van der Waals surface area contributed by atoms with Crippen molar-refractivity contribution in [3.63, 3.8) is 0 Å². The lowest BCUT2D eigenvalue weighted by Gasteiger charge is -2.30. The van der Waals surface area contributed by atoms with Gasteiger partial charge >= 0.3 is 12.1 Å². The summed E-state index contributed by atoms with van der Waals surface area (Å²) in [6, 6.07) is 3.73. The third-order valence-corrected chi connectivity index (χ3v) is 5.41. The monoisotopic (exact) mass is 351 g/mol. The van der Waals surface area contributed by atoms with Crippen molar-refractivity contribution in [2.45, 2.75) is 42.8 Å². The van der Waals surface area contributed by atoms with Crippen LogP contribution in [0.5, 0.6) is 0 Å². The van der Waals surface area contributed by atoms with Crippen LogP contribution in [-0.4, -0.2) is 31.7 Å². The van der Waals surface area contributed by atoms with E-state index in [1.54, 1.807) is 0 Å². The molecule has 5 nitrogen and oxygen atoms in total. The van der Waals surface area contributed by atoms with Gasteiger partial charge in [0.2, 0.25) is 10.0 Å². The van der Waals surface area contributed by atoms with Crippen molar-refractivity contribution in [2.75, 3.05) is 0 Å². The van der Waals surface area contributed by atoms with E-state index in [1.165, 1.54) is 0 Å². The minimum atomic E-state index is -4.33. The smallest absolute Gasteiger partial charge is 0.391 e. The van der Waals surface area contributed by atoms with Gasteiger partial charge in [0.1, 0.15) is 0 Å². The Morgan fingerprint density at radius 3 is 2.30 bits per heavy atom. The van der Waals surface area contributed by atoms with Crippen LogP contribution in [0.2, 0.25) is 0 Å². The van der Waals surface area contributed by atoms with E-state index in [9.17, 15) is 26.4 Å². The number of carbonyl (C=O) groups is 1. The molecule has 128 valence electrons. The molecule has 1 aliphatic carbocycles. The molecule has 0 saturated heterocycles. The molecule has 23 heavy (non-hydrogen) atoms. The van der Waals surface area contributed by atoms with E-state index >= 15 is 0 Å². The number of alkyl halides is 3. The van der Waals surface area contributed by atoms with Crippen molar-refractivity contribution < 1.29 is 31.5 Å². The summed E-state index contributed by atoms with van der Waals surface area (Å²) in [5.41, 5.74) is -0.0706. The van der Waals surface area contributed by atoms with Gasteiger partial charge in [0.25, 0.3) is 0 Å². The quantitative estimate of drug-likeness (QED) is 0.874. The molecule has 9 heteroatoms. The Morgan fingerprint density at radius 1 is 1.17 bits per heavy atom. The Kier molecular flexibility index (Phi) is 5.00. The highest BCUT2D eigenvalue weighted by Crippen LogP contribution is 2.37. The van der Waals surface area contributed by atoms with Gasteiger partial charge in [-0.2, -0.15) is 13.2 Å². The third-order valence-electron chi connectivity index (χ3n) is 3.87. The molecule has 0 aromatic heterocycles. The number of benzene rings is 1. The Balaban J connectivity index is 2.10. The highest BCUT2D eigenvalue weighted by molar-refractivity contribution is 7.89. The molecule has 1 fully saturated rings. The number of nitrogens with one attached hydrogen (secondary N) is 1. The fourth-order valence-electron chi connectivity index (χ4n) is 2.66. The summed E-state index contributed by atoms with van der Waals surface area (Å²) in [4.78, 5) is 10.6. The van der Waals surface area contributed by atoms with Gasteiger partial charge in [-0.1, -0.05) is 6.42 Å². The minimum Gasteiger partial charge on any atom is -0.478 e. The molecule has 1 aromatic carbocycles. The lowest BCUT2D eigenvalue weighted by atomic mass is 9.86. The number of hydrogen-bond acceptors (Lipinski definition) is 3. The standard InChI is InChI=1S/C14H16F3NO4S/c15-14(16,17)10-2-1-3-11(8-10)18-23(21,22)12-6-4-9(5-7-12)13(19)20/h4-7,10-11,18H,1-3,8H2,(H,19,20). The van der Waals surface area contributed by atoms with Gasteiger partial charge in [-0.05, 0) is 43.5 Å². The van der Waals surface area contributed by atoms with E-state index in [1.807, 2.05) is 0 Å². The predicted molar refractivity (Wildman–Crippen MR) is 75.5 cm³/mol. The average Bonchev–Trinajstić information content (AvgIpc) is 2.46. The molecular weight excluding hydrogens is 335 g/mol. The molecule has 0 amide bonds. The summed E-state index contributed by atoms with van der Waals surface area (Å²) in [5, 5.41) is 8.77. The molecule has 1 saturated carbocycles. The van der Waals surface area contributed by atoms with E-state index < -0.39 is 34.1 Å². The van der Waals surface area contributed by atoms with Gasteiger partial charge < -0.3 is 5.11 Å². The van der Waals surface area contributed by atoms with Crippen LogP contribution >= 0.6 is 0 Å². The first-order valence-corrected chi connectivity index (χ1v) is 8.50. The van der Waals surface area contributed by atoms with Crippen LogP contribution in [0, 0.1) is 5.92 Å². The molecule has 0 heterocycles. The van der Waals surface area contributed by atoms with E-state index in [0.29, 0.717) is 12.8 Å². The molecule has 2 N–H and O–H groups in total. The van der Waals surface area contributed by atoms with Crippen molar-refractivity contribution in [1.29, 1.82) is 0 Å². The zero-order chi connectivity index (χ0) is 17.3. The number of carboxylic acids is 1. The number of rotatable bonds is 4. The summed E-state index contributed by atoms with van der Waals surface area (Å²) in [5.74, 6) is -2.69. The van der Waals surface area contributed by atoms with Gasteiger partial charge in [-0.15, -0.1) is 0 Å². The Morgan fingerprint density at radius 2 is 1.78 bits per heavy atom. The van der Waals surface area contributed by atoms with Crippen LogP contribution in [0.4, 0.5) is 13.2 Å². The van der Waals surface area contributed by atoms with Gasteiger partial charge in [0, 0.05) is 6.04 Å². The summed E-state index contributed by atoms with van der Waals surface area (Å²) in [6.45, 7) is 0. The largest absolute Gasteiger partial charge is 0.478 e. The first-order valence-electron chi connectivity index (χ1n) is 7.02. The molecule has 0 spiro atoms. The third kappa shape index (κ3) is 4.44. The molecule has 2 rings (SSSR count). The SMILES string of the molecule is O=C(O)c1ccc(S(=O)(=O)NC2CCCC(C(F)(F)F)C2)cc1. The maximum absolute atomic E-state index is 12.8. The van der Waals surface area contributed by atoms with Crippen LogP contribution in [0.3, 0.4) is 0 Å². The average molecular weight is 351 g/mol. The van der Waals surface area contributed by atoms with Gasteiger partial charge in [0.15, 0.2) is 0 Å². The molecule has 0 radical (unpaired) electrons. The van der Waals surface area contributed by atoms with Crippen LogP contribution in [-0.2, 0) is 10.0 Å². The molecule has 2 unspecified atom stereocenters. The normalized spacial score (nSPS) is 22.7. The first kappa shape index (κ1) is 17.7. The lowest BCUT2D eigenvalue weighted by molar-refractivity contribution is -0.183. The summed E-state index contributed by atoms with van der Waals surface area (Å²) >= 11 is 0. The van der Waals surface area contributed by atoms with Gasteiger partial charge in [-0.3, -0.25) is 0 Å². The van der Waals surface area contributed by atoms with Crippen molar-refractivity contribution in [3.8, 4) is 0 Å². The second-order valence-electron chi connectivity index (χ2n) is 5.55. The maximum atomic E-state index is 12.8. The van der Waals surface area contributed by atoms with Crippen molar-refractivity contribution in [1.82, 2.24) is 4.72 Å². The van der Waals surface area contributed by atoms with Crippen molar-refractivity contribution >= 4 is 16.0 Å². The number of aromatic carboxylic acids is 1. The Labute approximate surface area is 131 Å². The second kappa shape index (κ2) is 6.48. The van der Waals surface area contributed by atoms with E-state index in [0.717, 1.165) is 24.3 Å². The number of halogens is 3. The fraction of sp³-hybridized carbons (Fsp3) is 0.500. The van der Waals surface area contributed by atoms with Crippen molar-refractivity contribution in [3.05, 3.63) is 29.8 Å². The molecule has 0 aliphatic heterocycles. The van der Waals surface area contributed by atoms with Crippen LogP contribution in [0.25, 0.3) is 0 Å². The van der Waals surface area contributed by atoms with Crippen LogP contribution in [0.1, 0.15) is 36.0 Å². The Bertz CT molecular complexity index is 670. The summed E-state index contributed by atoms with van der Waals surface area (Å²) in [6.07, 6.45) is -3.95. The molecule has 0 bridgehead atoms. The van der Waals surface area contributed by atoms with E-state index in [-0.39, 0.29) is 23.3 Å². The number of hydrogen-bond donors (Lipinski definition) is 2. The van der Waals surface area contributed by atoms with Crippen LogP contribution < -0.4 is 4.72 Å². The molecular formula is C14H16F3NO4S. The second-order valence-corrected chi connectivity index (χ2v) is 7.27. The van der Waals surface area contributed by atoms with E-state index in [2.05, 4.69) is 4.72 Å². The van der Waals surface area contributed by atoms with E-state index in [4.69, 9.17) is 5.11 Å². The topological polar surface area (TPSA) is 83.5 Å². The van der Waals surface area contributed by atoms with Gasteiger partial charge in [0.05, 0.1) is 16.4 Å². The zero-order valence-corrected chi connectivity index (χ0v) is 12.8. The fourth-order valence-corrected chi connectivity index (χ4v) is 3.94. The summed E-state index contributed by atoms with van der Waals surface area (Å²) in [7, 11) is -3.98. The molecule has 1 aromatic rings. The van der Waals surface area contributed by atoms with Crippen molar-refractivity contribution in [2.24, 2.45) is 5.92 Å². The summed E-state index contributed by atoms with van der Waals surface area (Å²) < 4.78 is 65.0. The lowest BCUT2D eigenvalue weighted by Crippen LogP contribution is -2.41. The van der Waals surface area contributed by atoms with Crippen LogP contribution in [0.15, 0.2) is 29.2 Å².